The first-order valence-electron chi connectivity index (χ1n) is 7.63. The number of nitrogens with one attached hydrogen (secondary N) is 1. The summed E-state index contributed by atoms with van der Waals surface area (Å²) in [5, 5.41) is 11.9. The van der Waals surface area contributed by atoms with Gasteiger partial charge in [-0.05, 0) is 56.5 Å². The van der Waals surface area contributed by atoms with E-state index in [0.29, 0.717) is 17.7 Å². The van der Waals surface area contributed by atoms with Crippen molar-refractivity contribution < 1.29 is 14.7 Å². The molecule has 4 nitrogen and oxygen atoms in total. The molecule has 2 rings (SSSR count). The third-order valence-electron chi connectivity index (χ3n) is 3.66. The molecule has 1 aromatic carbocycles. The largest absolute Gasteiger partial charge is 0.481 e. The van der Waals surface area contributed by atoms with E-state index < -0.39 is 11.9 Å². The minimum atomic E-state index is -0.875. The summed E-state index contributed by atoms with van der Waals surface area (Å²) in [7, 11) is 0. The van der Waals surface area contributed by atoms with Crippen LogP contribution in [0.3, 0.4) is 0 Å². The van der Waals surface area contributed by atoms with E-state index in [-0.39, 0.29) is 5.91 Å². The van der Waals surface area contributed by atoms with E-state index in [1.54, 1.807) is 42.5 Å². The molecule has 2 aromatic rings. The number of aliphatic carboxylic acids is 1. The molecule has 0 radical (unpaired) electrons. The standard InChI is InChI=1S/C18H21NO3S/c1-12-9-10-16(23-12)7-4-8-17(20)19-15-6-3-5-14(11-15)13(2)18(21)22/h3,5-6,9-11,13H,4,7-8H2,1-2H3,(H,19,20)(H,21,22). The molecule has 23 heavy (non-hydrogen) atoms. The van der Waals surface area contributed by atoms with Crippen molar-refractivity contribution in [3.63, 3.8) is 0 Å². The van der Waals surface area contributed by atoms with Crippen molar-refractivity contribution in [1.29, 1.82) is 0 Å². The maximum atomic E-state index is 12.0. The molecule has 0 fully saturated rings. The van der Waals surface area contributed by atoms with Crippen LogP contribution in [0, 0.1) is 6.92 Å². The second-order valence-corrected chi connectivity index (χ2v) is 6.97. The number of carboxylic acid groups (broad SMARTS) is 1. The van der Waals surface area contributed by atoms with Crippen LogP contribution >= 0.6 is 11.3 Å². The van der Waals surface area contributed by atoms with Gasteiger partial charge in [0.2, 0.25) is 5.91 Å². The van der Waals surface area contributed by atoms with Gasteiger partial charge in [-0.15, -0.1) is 11.3 Å². The fourth-order valence-electron chi connectivity index (χ4n) is 2.29. The lowest BCUT2D eigenvalue weighted by molar-refractivity contribution is -0.138. The summed E-state index contributed by atoms with van der Waals surface area (Å²) in [5.41, 5.74) is 1.33. The van der Waals surface area contributed by atoms with Gasteiger partial charge in [-0.3, -0.25) is 9.59 Å². The van der Waals surface area contributed by atoms with Gasteiger partial charge in [0.05, 0.1) is 5.92 Å². The van der Waals surface area contributed by atoms with Gasteiger partial charge in [0, 0.05) is 21.9 Å². The Morgan fingerprint density at radius 2 is 2.04 bits per heavy atom. The molecule has 0 bridgehead atoms. The van der Waals surface area contributed by atoms with E-state index >= 15 is 0 Å². The van der Waals surface area contributed by atoms with Crippen LogP contribution in [-0.2, 0) is 16.0 Å². The molecule has 1 atom stereocenters. The first kappa shape index (κ1) is 17.2. The number of anilines is 1. The van der Waals surface area contributed by atoms with Gasteiger partial charge in [0.25, 0.3) is 0 Å². The van der Waals surface area contributed by atoms with Crippen LogP contribution in [0.15, 0.2) is 36.4 Å². The van der Waals surface area contributed by atoms with Crippen LogP contribution in [0.25, 0.3) is 0 Å². The third kappa shape index (κ3) is 5.21. The summed E-state index contributed by atoms with van der Waals surface area (Å²) in [6, 6.07) is 11.2. The molecular weight excluding hydrogens is 310 g/mol. The highest BCUT2D eigenvalue weighted by molar-refractivity contribution is 7.11. The zero-order valence-electron chi connectivity index (χ0n) is 13.3. The van der Waals surface area contributed by atoms with E-state index in [0.717, 1.165) is 12.8 Å². The van der Waals surface area contributed by atoms with Gasteiger partial charge < -0.3 is 10.4 Å². The zero-order chi connectivity index (χ0) is 16.8. The minimum absolute atomic E-state index is 0.0431. The normalized spacial score (nSPS) is 11.9. The summed E-state index contributed by atoms with van der Waals surface area (Å²) in [5.74, 6) is -1.51. The summed E-state index contributed by atoms with van der Waals surface area (Å²) in [4.78, 5) is 25.6. The van der Waals surface area contributed by atoms with E-state index in [2.05, 4.69) is 24.4 Å². The van der Waals surface area contributed by atoms with Crippen LogP contribution in [0.2, 0.25) is 0 Å². The number of thiophene rings is 1. The van der Waals surface area contributed by atoms with Crippen molar-refractivity contribution in [2.24, 2.45) is 0 Å². The Labute approximate surface area is 140 Å². The van der Waals surface area contributed by atoms with Gasteiger partial charge in [0.1, 0.15) is 0 Å². The summed E-state index contributed by atoms with van der Waals surface area (Å²) < 4.78 is 0. The van der Waals surface area contributed by atoms with Crippen molar-refractivity contribution in [2.75, 3.05) is 5.32 Å². The third-order valence-corrected chi connectivity index (χ3v) is 4.72. The Hall–Kier alpha value is -2.14. The van der Waals surface area contributed by atoms with E-state index in [1.165, 1.54) is 9.75 Å². The Morgan fingerprint density at radius 3 is 2.70 bits per heavy atom. The molecular formula is C18H21NO3S. The number of carbonyl (C=O) groups is 2. The number of benzene rings is 1. The van der Waals surface area contributed by atoms with Gasteiger partial charge >= 0.3 is 5.97 Å². The topological polar surface area (TPSA) is 66.4 Å². The highest BCUT2D eigenvalue weighted by Crippen LogP contribution is 2.20. The summed E-state index contributed by atoms with van der Waals surface area (Å²) >= 11 is 1.76. The van der Waals surface area contributed by atoms with Crippen molar-refractivity contribution in [1.82, 2.24) is 0 Å². The number of hydrogen-bond acceptors (Lipinski definition) is 3. The molecule has 122 valence electrons. The lowest BCUT2D eigenvalue weighted by Crippen LogP contribution is -2.12. The second-order valence-electron chi connectivity index (χ2n) is 5.60. The van der Waals surface area contributed by atoms with Gasteiger partial charge in [-0.2, -0.15) is 0 Å². The summed E-state index contributed by atoms with van der Waals surface area (Å²) in [6.45, 7) is 3.71. The van der Waals surface area contributed by atoms with Crippen molar-refractivity contribution in [3.8, 4) is 0 Å². The predicted octanol–water partition coefficient (Wildman–Crippen LogP) is 4.21. The molecule has 0 aliphatic heterocycles. The van der Waals surface area contributed by atoms with E-state index in [9.17, 15) is 9.59 Å². The lowest BCUT2D eigenvalue weighted by atomic mass is 10.0. The highest BCUT2D eigenvalue weighted by atomic mass is 32.1. The van der Waals surface area contributed by atoms with Crippen molar-refractivity contribution >= 4 is 28.9 Å². The molecule has 2 N–H and O–H groups in total. The molecule has 0 saturated heterocycles. The number of hydrogen-bond donors (Lipinski definition) is 2. The molecule has 1 amide bonds. The Balaban J connectivity index is 1.85. The molecule has 0 aliphatic carbocycles. The predicted molar refractivity (Wildman–Crippen MR) is 93.1 cm³/mol. The maximum Gasteiger partial charge on any atom is 0.310 e. The van der Waals surface area contributed by atoms with Crippen LogP contribution in [-0.4, -0.2) is 17.0 Å². The van der Waals surface area contributed by atoms with Crippen LogP contribution in [0.1, 0.15) is 41.0 Å². The van der Waals surface area contributed by atoms with E-state index in [1.807, 2.05) is 0 Å². The zero-order valence-corrected chi connectivity index (χ0v) is 14.2. The number of carboxylic acids is 1. The first-order chi connectivity index (χ1) is 11.0. The van der Waals surface area contributed by atoms with Gasteiger partial charge in [0.15, 0.2) is 0 Å². The molecule has 1 heterocycles. The molecule has 1 unspecified atom stereocenters. The average Bonchev–Trinajstić information content (AvgIpc) is 2.92. The van der Waals surface area contributed by atoms with Crippen LogP contribution < -0.4 is 5.32 Å². The smallest absolute Gasteiger partial charge is 0.310 e. The lowest BCUT2D eigenvalue weighted by Gasteiger charge is -2.10. The second kappa shape index (κ2) is 7.92. The number of rotatable bonds is 7. The van der Waals surface area contributed by atoms with Crippen molar-refractivity contribution in [3.05, 3.63) is 51.7 Å². The minimum Gasteiger partial charge on any atom is -0.481 e. The highest BCUT2D eigenvalue weighted by Gasteiger charge is 2.14. The molecule has 5 heteroatoms. The van der Waals surface area contributed by atoms with E-state index in [4.69, 9.17) is 5.11 Å². The average molecular weight is 331 g/mol. The number of carbonyl (C=O) groups excluding carboxylic acids is 1. The first-order valence-corrected chi connectivity index (χ1v) is 8.45. The monoisotopic (exact) mass is 331 g/mol. The molecule has 0 spiro atoms. The van der Waals surface area contributed by atoms with Crippen LogP contribution in [0.5, 0.6) is 0 Å². The fourth-order valence-corrected chi connectivity index (χ4v) is 3.23. The SMILES string of the molecule is Cc1ccc(CCCC(=O)Nc2cccc(C(C)C(=O)O)c2)s1. The maximum absolute atomic E-state index is 12.0. The van der Waals surface area contributed by atoms with Crippen molar-refractivity contribution in [2.45, 2.75) is 39.0 Å². The number of aryl methyl sites for hydroxylation is 2. The molecule has 0 aliphatic rings. The number of amides is 1. The van der Waals surface area contributed by atoms with Crippen LogP contribution in [0.4, 0.5) is 5.69 Å². The summed E-state index contributed by atoms with van der Waals surface area (Å²) in [6.07, 6.45) is 2.16. The van der Waals surface area contributed by atoms with Gasteiger partial charge in [-0.1, -0.05) is 12.1 Å². The quantitative estimate of drug-likeness (QED) is 0.799. The Bertz CT molecular complexity index is 693. The van der Waals surface area contributed by atoms with Gasteiger partial charge in [-0.25, -0.2) is 0 Å². The fraction of sp³-hybridized carbons (Fsp3) is 0.333. The Kier molecular flexibility index (Phi) is 5.93. The molecule has 1 aromatic heterocycles. The Morgan fingerprint density at radius 1 is 1.26 bits per heavy atom. The molecule has 0 saturated carbocycles.